The lowest BCUT2D eigenvalue weighted by Gasteiger charge is -2.29. The first-order valence-corrected chi connectivity index (χ1v) is 4.07. The SMILES string of the molecule is NC1(CCO)N=C2N=CN=C2C(=O)N1. The minimum atomic E-state index is -1.26. The zero-order valence-electron chi connectivity index (χ0n) is 7.27. The lowest BCUT2D eigenvalue weighted by atomic mass is 10.2. The van der Waals surface area contributed by atoms with Crippen molar-refractivity contribution in [3.63, 3.8) is 0 Å². The molecule has 2 aliphatic rings. The summed E-state index contributed by atoms with van der Waals surface area (Å²) in [7, 11) is 0. The molecule has 0 aromatic rings. The fourth-order valence-electron chi connectivity index (χ4n) is 1.26. The molecule has 0 aromatic carbocycles. The molecule has 2 aliphatic heterocycles. The molecule has 0 saturated heterocycles. The molecule has 0 radical (unpaired) electrons. The van der Waals surface area contributed by atoms with E-state index in [-0.39, 0.29) is 24.6 Å². The maximum atomic E-state index is 11.4. The van der Waals surface area contributed by atoms with Crippen molar-refractivity contribution in [2.24, 2.45) is 20.7 Å². The van der Waals surface area contributed by atoms with E-state index in [0.29, 0.717) is 0 Å². The molecule has 1 amide bonds. The monoisotopic (exact) mass is 195 g/mol. The predicted molar refractivity (Wildman–Crippen MR) is 50.1 cm³/mol. The summed E-state index contributed by atoms with van der Waals surface area (Å²) in [6.07, 6.45) is 1.39. The van der Waals surface area contributed by atoms with E-state index in [1.807, 2.05) is 0 Å². The minimum Gasteiger partial charge on any atom is -0.396 e. The normalized spacial score (nSPS) is 29.4. The number of nitrogens with zero attached hydrogens (tertiary/aromatic N) is 3. The van der Waals surface area contributed by atoms with Crippen molar-refractivity contribution >= 4 is 23.8 Å². The van der Waals surface area contributed by atoms with Gasteiger partial charge in [-0.1, -0.05) is 0 Å². The summed E-state index contributed by atoms with van der Waals surface area (Å²) < 4.78 is 0. The molecule has 7 heteroatoms. The van der Waals surface area contributed by atoms with Crippen LogP contribution in [0, 0.1) is 0 Å². The maximum absolute atomic E-state index is 11.4. The number of hydrogen-bond donors (Lipinski definition) is 3. The van der Waals surface area contributed by atoms with Gasteiger partial charge in [-0.3, -0.25) is 10.5 Å². The van der Waals surface area contributed by atoms with Crippen molar-refractivity contribution in [2.45, 2.75) is 12.2 Å². The Morgan fingerprint density at radius 1 is 1.64 bits per heavy atom. The topological polar surface area (TPSA) is 112 Å². The van der Waals surface area contributed by atoms with Crippen LogP contribution in [0.5, 0.6) is 0 Å². The number of aliphatic imine (C=N–C) groups is 3. The number of nitrogens with two attached hydrogens (primary N) is 1. The molecule has 1 atom stereocenters. The fraction of sp³-hybridized carbons (Fsp3) is 0.429. The average Bonchev–Trinajstić information content (AvgIpc) is 2.51. The third-order valence-corrected chi connectivity index (χ3v) is 1.92. The molecule has 74 valence electrons. The Kier molecular flexibility index (Phi) is 1.90. The van der Waals surface area contributed by atoms with E-state index in [9.17, 15) is 4.79 Å². The van der Waals surface area contributed by atoms with Crippen LogP contribution in [0.15, 0.2) is 15.0 Å². The van der Waals surface area contributed by atoms with Crippen molar-refractivity contribution in [3.05, 3.63) is 0 Å². The van der Waals surface area contributed by atoms with Gasteiger partial charge >= 0.3 is 0 Å². The second kappa shape index (κ2) is 2.96. The average molecular weight is 195 g/mol. The summed E-state index contributed by atoms with van der Waals surface area (Å²) in [6.45, 7) is -0.163. The van der Waals surface area contributed by atoms with Gasteiger partial charge in [-0.05, 0) is 0 Å². The van der Waals surface area contributed by atoms with Gasteiger partial charge in [-0.2, -0.15) is 0 Å². The van der Waals surface area contributed by atoms with E-state index in [1.165, 1.54) is 6.34 Å². The molecule has 0 aliphatic carbocycles. The first kappa shape index (κ1) is 8.97. The molecule has 0 bridgehead atoms. The number of amidine groups is 1. The summed E-state index contributed by atoms with van der Waals surface area (Å²) in [5.41, 5.74) is 5.88. The molecule has 2 heterocycles. The summed E-state index contributed by atoms with van der Waals surface area (Å²) in [6, 6.07) is 0. The molecule has 1 unspecified atom stereocenters. The Balaban J connectivity index is 2.35. The highest BCUT2D eigenvalue weighted by Crippen LogP contribution is 2.12. The summed E-state index contributed by atoms with van der Waals surface area (Å²) >= 11 is 0. The largest absolute Gasteiger partial charge is 0.396 e. The molecule has 14 heavy (non-hydrogen) atoms. The number of aliphatic hydroxyl groups excluding tert-OH is 1. The van der Waals surface area contributed by atoms with Crippen LogP contribution in [-0.2, 0) is 4.79 Å². The second-order valence-corrected chi connectivity index (χ2v) is 3.01. The van der Waals surface area contributed by atoms with Gasteiger partial charge in [0, 0.05) is 13.0 Å². The minimum absolute atomic E-state index is 0.144. The smallest absolute Gasteiger partial charge is 0.276 e. The maximum Gasteiger partial charge on any atom is 0.276 e. The number of amides is 1. The Bertz CT molecular complexity index is 372. The van der Waals surface area contributed by atoms with Gasteiger partial charge in [0.25, 0.3) is 5.91 Å². The van der Waals surface area contributed by atoms with E-state index in [0.717, 1.165) is 0 Å². The number of nitrogens with one attached hydrogen (secondary N) is 1. The van der Waals surface area contributed by atoms with Crippen LogP contribution >= 0.6 is 0 Å². The summed E-state index contributed by atoms with van der Waals surface area (Å²) in [4.78, 5) is 22.9. The quantitative estimate of drug-likeness (QED) is 0.473. The van der Waals surface area contributed by atoms with Gasteiger partial charge in [0.2, 0.25) is 0 Å². The highest BCUT2D eigenvalue weighted by molar-refractivity contribution is 6.69. The Morgan fingerprint density at radius 3 is 3.14 bits per heavy atom. The number of aliphatic hydroxyl groups is 1. The second-order valence-electron chi connectivity index (χ2n) is 3.01. The van der Waals surface area contributed by atoms with E-state index in [4.69, 9.17) is 10.8 Å². The van der Waals surface area contributed by atoms with E-state index in [1.54, 1.807) is 0 Å². The van der Waals surface area contributed by atoms with Crippen LogP contribution in [-0.4, -0.2) is 41.3 Å². The van der Waals surface area contributed by atoms with Crippen LogP contribution in [0.2, 0.25) is 0 Å². The molecule has 4 N–H and O–H groups in total. The van der Waals surface area contributed by atoms with Crippen LogP contribution < -0.4 is 11.1 Å². The van der Waals surface area contributed by atoms with Gasteiger partial charge in [-0.15, -0.1) is 0 Å². The molecule has 0 spiro atoms. The van der Waals surface area contributed by atoms with Crippen LogP contribution in [0.1, 0.15) is 6.42 Å². The number of rotatable bonds is 2. The van der Waals surface area contributed by atoms with Crippen molar-refractivity contribution in [2.75, 3.05) is 6.61 Å². The molecular formula is C7H9N5O2. The summed E-state index contributed by atoms with van der Waals surface area (Å²) in [5, 5.41) is 11.2. The number of carbonyl (C=O) groups is 1. The molecule has 7 nitrogen and oxygen atoms in total. The van der Waals surface area contributed by atoms with Gasteiger partial charge in [0.15, 0.2) is 17.3 Å². The first-order chi connectivity index (χ1) is 6.64. The van der Waals surface area contributed by atoms with Crippen molar-refractivity contribution in [3.8, 4) is 0 Å². The van der Waals surface area contributed by atoms with Gasteiger partial charge in [0.1, 0.15) is 6.34 Å². The fourth-order valence-corrected chi connectivity index (χ4v) is 1.26. The van der Waals surface area contributed by atoms with E-state index < -0.39 is 11.7 Å². The van der Waals surface area contributed by atoms with Crippen LogP contribution in [0.4, 0.5) is 0 Å². The molecule has 0 aromatic heterocycles. The zero-order chi connectivity index (χ0) is 10.2. The lowest BCUT2D eigenvalue weighted by molar-refractivity contribution is -0.116. The van der Waals surface area contributed by atoms with Gasteiger partial charge < -0.3 is 10.4 Å². The number of carbonyl (C=O) groups excluding carboxylic acids is 1. The third kappa shape index (κ3) is 1.32. The molecule has 0 saturated carbocycles. The molecule has 2 rings (SSSR count). The van der Waals surface area contributed by atoms with Crippen LogP contribution in [0.3, 0.4) is 0 Å². The van der Waals surface area contributed by atoms with Crippen molar-refractivity contribution < 1.29 is 9.90 Å². The standard InChI is InChI=1S/C7H9N5O2/c8-7(1-2-13)11-5-4(6(14)12-7)9-3-10-5/h3,13H,1-2,8H2,(H,12,14). The predicted octanol–water partition coefficient (Wildman–Crippen LogP) is -2.01. The third-order valence-electron chi connectivity index (χ3n) is 1.92. The van der Waals surface area contributed by atoms with E-state index in [2.05, 4.69) is 20.3 Å². The summed E-state index contributed by atoms with van der Waals surface area (Å²) in [5.74, 6) is -1.45. The number of fused-ring (bicyclic) bond motifs is 1. The molecular weight excluding hydrogens is 186 g/mol. The van der Waals surface area contributed by atoms with Gasteiger partial charge in [-0.25, -0.2) is 15.0 Å². The van der Waals surface area contributed by atoms with E-state index >= 15 is 0 Å². The first-order valence-electron chi connectivity index (χ1n) is 4.07. The Morgan fingerprint density at radius 2 is 2.43 bits per heavy atom. The number of hydrogen-bond acceptors (Lipinski definition) is 6. The Hall–Kier alpha value is -1.60. The zero-order valence-corrected chi connectivity index (χ0v) is 7.27. The molecule has 0 fully saturated rings. The van der Waals surface area contributed by atoms with Crippen molar-refractivity contribution in [1.29, 1.82) is 0 Å². The van der Waals surface area contributed by atoms with Crippen molar-refractivity contribution in [1.82, 2.24) is 5.32 Å². The highest BCUT2D eigenvalue weighted by Gasteiger charge is 2.36. The Labute approximate surface area is 79.4 Å². The lowest BCUT2D eigenvalue weighted by Crippen LogP contribution is -2.61. The van der Waals surface area contributed by atoms with Gasteiger partial charge in [0.05, 0.1) is 0 Å². The van der Waals surface area contributed by atoms with Crippen LogP contribution in [0.25, 0.3) is 0 Å². The highest BCUT2D eigenvalue weighted by atomic mass is 16.3.